The van der Waals surface area contributed by atoms with E-state index in [1.54, 1.807) is 6.07 Å². The number of aliphatic carboxylic acids is 1. The standard InChI is InChI=1S/C36H55FN4O2.3ClH/c1-5-41-34(22-31(38-41)19-26-11-8-6-7-9-12-26)27-15-17-40(18-16-27)24-29-21-32(39(4)35(25(2)3)36(42)43)23-33(29)28-13-10-14-30(37)20-28;;;/h10,13-14,20,22,25-27,29,32-33,35H,5-9,11-12,15-19,21,23-24H2,1-4H3,(H,42,43);3*1H/t29?,32?,33?,35-;;;/m1.../s1. The van der Waals surface area contributed by atoms with E-state index in [4.69, 9.17) is 5.10 Å². The van der Waals surface area contributed by atoms with Gasteiger partial charge in [-0.05, 0) is 107 Å². The monoisotopic (exact) mass is 702 g/mol. The van der Waals surface area contributed by atoms with Gasteiger partial charge in [0.2, 0.25) is 0 Å². The fraction of sp³-hybridized carbons (Fsp3) is 0.722. The molecule has 46 heavy (non-hydrogen) atoms. The molecule has 0 spiro atoms. The predicted octanol–water partition coefficient (Wildman–Crippen LogP) is 8.60. The maximum atomic E-state index is 14.3. The number of likely N-dealkylation sites (tertiary alicyclic amines) is 1. The normalized spacial score (nSPS) is 23.8. The van der Waals surface area contributed by atoms with Crippen LogP contribution in [0.3, 0.4) is 0 Å². The van der Waals surface area contributed by atoms with Gasteiger partial charge in [0.25, 0.3) is 0 Å². The largest absolute Gasteiger partial charge is 0.480 e. The zero-order valence-electron chi connectivity index (χ0n) is 28.3. The second kappa shape index (κ2) is 19.0. The van der Waals surface area contributed by atoms with Crippen LogP contribution < -0.4 is 0 Å². The van der Waals surface area contributed by atoms with E-state index in [1.165, 1.54) is 56.0 Å². The summed E-state index contributed by atoms with van der Waals surface area (Å²) in [5.74, 6) is 1.03. The Balaban J connectivity index is 0.00000245. The molecule has 262 valence electrons. The van der Waals surface area contributed by atoms with Gasteiger partial charge in [-0.3, -0.25) is 14.4 Å². The first kappa shape index (κ1) is 40.8. The van der Waals surface area contributed by atoms with E-state index in [-0.39, 0.29) is 60.9 Å². The molecule has 5 rings (SSSR count). The second-order valence-electron chi connectivity index (χ2n) is 14.3. The fourth-order valence-corrected chi connectivity index (χ4v) is 8.71. The molecule has 2 aliphatic carbocycles. The maximum Gasteiger partial charge on any atom is 0.321 e. The minimum Gasteiger partial charge on any atom is -0.480 e. The molecule has 1 saturated heterocycles. The van der Waals surface area contributed by atoms with Gasteiger partial charge in [0, 0.05) is 30.7 Å². The Labute approximate surface area is 295 Å². The molecule has 1 aromatic carbocycles. The van der Waals surface area contributed by atoms with Crippen LogP contribution in [0.15, 0.2) is 30.3 Å². The van der Waals surface area contributed by atoms with Crippen LogP contribution in [-0.4, -0.2) is 69.4 Å². The lowest BCUT2D eigenvalue weighted by molar-refractivity contribution is -0.145. The van der Waals surface area contributed by atoms with Gasteiger partial charge in [-0.15, -0.1) is 37.2 Å². The first-order valence-electron chi connectivity index (χ1n) is 17.2. The van der Waals surface area contributed by atoms with Crippen molar-refractivity contribution in [1.29, 1.82) is 0 Å². The van der Waals surface area contributed by atoms with Crippen LogP contribution in [0.4, 0.5) is 4.39 Å². The fourth-order valence-electron chi connectivity index (χ4n) is 8.71. The van der Waals surface area contributed by atoms with Crippen molar-refractivity contribution < 1.29 is 14.3 Å². The summed E-state index contributed by atoms with van der Waals surface area (Å²) in [5.41, 5.74) is 3.78. The van der Waals surface area contributed by atoms with Gasteiger partial charge < -0.3 is 10.0 Å². The highest BCUT2D eigenvalue weighted by Crippen LogP contribution is 2.44. The van der Waals surface area contributed by atoms with Gasteiger partial charge in [0.05, 0.1) is 5.69 Å². The lowest BCUT2D eigenvalue weighted by atomic mass is 9.87. The number of carboxylic acids is 1. The summed E-state index contributed by atoms with van der Waals surface area (Å²) in [6, 6.07) is 9.18. The third-order valence-corrected chi connectivity index (χ3v) is 11.0. The molecule has 4 atom stereocenters. The lowest BCUT2D eigenvalue weighted by Crippen LogP contribution is -2.47. The van der Waals surface area contributed by atoms with Crippen LogP contribution in [0.5, 0.6) is 0 Å². The van der Waals surface area contributed by atoms with Crippen molar-refractivity contribution in [2.45, 2.75) is 122 Å². The van der Waals surface area contributed by atoms with Gasteiger partial charge in [-0.25, -0.2) is 4.39 Å². The molecule has 3 aliphatic rings. The molecule has 0 bridgehead atoms. The molecule has 1 aromatic heterocycles. The highest BCUT2D eigenvalue weighted by atomic mass is 35.5. The topological polar surface area (TPSA) is 61.6 Å². The van der Waals surface area contributed by atoms with Gasteiger partial charge in [0.1, 0.15) is 11.9 Å². The van der Waals surface area contributed by atoms with Gasteiger partial charge in [-0.2, -0.15) is 5.10 Å². The summed E-state index contributed by atoms with van der Waals surface area (Å²) in [7, 11) is 1.97. The van der Waals surface area contributed by atoms with E-state index in [0.717, 1.165) is 69.8 Å². The Morgan fingerprint density at radius 2 is 1.70 bits per heavy atom. The number of aryl methyl sites for hydroxylation is 1. The average Bonchev–Trinajstić information content (AvgIpc) is 3.49. The van der Waals surface area contributed by atoms with Crippen molar-refractivity contribution in [2.75, 3.05) is 26.7 Å². The number of carboxylic acid groups (broad SMARTS) is 1. The SMILES string of the molecule is CCn1nc(CC2CCCCCC2)cc1C1CCN(CC2CC(N(C)[C@@H](C(=O)O)C(C)C)CC2c2cccc(F)c2)CC1.Cl.Cl.Cl. The number of aromatic nitrogens is 2. The number of nitrogens with zero attached hydrogens (tertiary/aromatic N) is 4. The van der Waals surface area contributed by atoms with Gasteiger partial charge in [-0.1, -0.05) is 64.5 Å². The van der Waals surface area contributed by atoms with E-state index in [1.807, 2.05) is 27.0 Å². The molecular formula is C36H58Cl3FN4O2. The zero-order valence-corrected chi connectivity index (χ0v) is 30.7. The number of piperidine rings is 1. The summed E-state index contributed by atoms with van der Waals surface area (Å²) >= 11 is 0. The molecular weight excluding hydrogens is 646 g/mol. The first-order valence-corrected chi connectivity index (χ1v) is 17.2. The summed E-state index contributed by atoms with van der Waals surface area (Å²) in [6.45, 7) is 10.2. The Hall–Kier alpha value is -1.38. The molecule has 2 aromatic rings. The third-order valence-electron chi connectivity index (χ3n) is 11.0. The van der Waals surface area contributed by atoms with Crippen LogP contribution in [0.25, 0.3) is 0 Å². The van der Waals surface area contributed by atoms with Crippen LogP contribution >= 0.6 is 37.2 Å². The van der Waals surface area contributed by atoms with E-state index in [9.17, 15) is 14.3 Å². The highest BCUT2D eigenvalue weighted by molar-refractivity contribution is 5.86. The predicted molar refractivity (Wildman–Crippen MR) is 193 cm³/mol. The van der Waals surface area contributed by atoms with Crippen LogP contribution in [0, 0.1) is 23.6 Å². The van der Waals surface area contributed by atoms with Crippen molar-refractivity contribution >= 4 is 43.2 Å². The molecule has 10 heteroatoms. The minimum absolute atomic E-state index is 0. The Morgan fingerprint density at radius 1 is 1.02 bits per heavy atom. The smallest absolute Gasteiger partial charge is 0.321 e. The summed E-state index contributed by atoms with van der Waals surface area (Å²) in [4.78, 5) is 16.8. The van der Waals surface area contributed by atoms with E-state index in [2.05, 4.69) is 33.5 Å². The molecule has 3 unspecified atom stereocenters. The van der Waals surface area contributed by atoms with Crippen molar-refractivity contribution in [3.8, 4) is 0 Å². The molecule has 1 aliphatic heterocycles. The third kappa shape index (κ3) is 10.1. The summed E-state index contributed by atoms with van der Waals surface area (Å²) < 4.78 is 16.6. The van der Waals surface area contributed by atoms with E-state index in [0.29, 0.717) is 11.8 Å². The number of benzene rings is 1. The lowest BCUT2D eigenvalue weighted by Gasteiger charge is -2.35. The molecule has 1 N–H and O–H groups in total. The second-order valence-corrected chi connectivity index (χ2v) is 14.3. The number of hydrogen-bond acceptors (Lipinski definition) is 4. The van der Waals surface area contributed by atoms with Crippen molar-refractivity contribution in [3.63, 3.8) is 0 Å². The van der Waals surface area contributed by atoms with Crippen LogP contribution in [0.2, 0.25) is 0 Å². The van der Waals surface area contributed by atoms with Crippen LogP contribution in [0.1, 0.15) is 114 Å². The van der Waals surface area contributed by atoms with Crippen molar-refractivity contribution in [1.82, 2.24) is 19.6 Å². The number of rotatable bonds is 11. The Kier molecular flexibility index (Phi) is 16.8. The number of hydrogen-bond donors (Lipinski definition) is 1. The van der Waals surface area contributed by atoms with E-state index < -0.39 is 12.0 Å². The molecule has 6 nitrogen and oxygen atoms in total. The van der Waals surface area contributed by atoms with Gasteiger partial charge in [0.15, 0.2) is 0 Å². The van der Waals surface area contributed by atoms with Crippen molar-refractivity contribution in [2.24, 2.45) is 17.8 Å². The average molecular weight is 704 g/mol. The van der Waals surface area contributed by atoms with E-state index >= 15 is 0 Å². The Bertz CT molecular complexity index is 1200. The molecule has 2 saturated carbocycles. The van der Waals surface area contributed by atoms with Crippen LogP contribution in [-0.2, 0) is 17.8 Å². The van der Waals surface area contributed by atoms with Crippen molar-refractivity contribution in [3.05, 3.63) is 53.1 Å². The quantitative estimate of drug-likeness (QED) is 0.238. The number of halogens is 4. The molecule has 0 radical (unpaired) electrons. The maximum absolute atomic E-state index is 14.3. The summed E-state index contributed by atoms with van der Waals surface area (Å²) in [5, 5.41) is 15.0. The minimum atomic E-state index is -0.756. The molecule has 3 fully saturated rings. The number of carbonyl (C=O) groups is 1. The first-order chi connectivity index (χ1) is 20.7. The molecule has 2 heterocycles. The summed E-state index contributed by atoms with van der Waals surface area (Å²) in [6.07, 6.45) is 13.5. The Morgan fingerprint density at radius 3 is 2.28 bits per heavy atom. The highest BCUT2D eigenvalue weighted by Gasteiger charge is 2.42. The molecule has 0 amide bonds. The van der Waals surface area contributed by atoms with Gasteiger partial charge >= 0.3 is 5.97 Å². The number of likely N-dealkylation sites (N-methyl/N-ethyl adjacent to an activating group) is 1. The zero-order chi connectivity index (χ0) is 30.5.